The predicted molar refractivity (Wildman–Crippen MR) is 118 cm³/mol. The van der Waals surface area contributed by atoms with Crippen LogP contribution in [0.2, 0.25) is 0 Å². The van der Waals surface area contributed by atoms with Crippen molar-refractivity contribution in [1.29, 1.82) is 0 Å². The Balaban J connectivity index is 2.32. The molecule has 0 aliphatic rings. The van der Waals surface area contributed by atoms with E-state index in [0.717, 1.165) is 61.8 Å². The molecule has 2 aromatic carbocycles. The molecule has 2 aromatic rings. The lowest BCUT2D eigenvalue weighted by Crippen LogP contribution is -2.25. The van der Waals surface area contributed by atoms with E-state index in [1.807, 2.05) is 12.1 Å². The van der Waals surface area contributed by atoms with Crippen molar-refractivity contribution in [3.63, 3.8) is 0 Å². The van der Waals surface area contributed by atoms with Gasteiger partial charge in [-0.1, -0.05) is 44.9 Å². The fraction of sp³-hybridized carbons (Fsp3) is 0.440. The number of nitrogens with one attached hydrogen (secondary N) is 1. The number of esters is 1. The molecule has 1 N–H and O–H groups in total. The number of benzene rings is 2. The molecule has 1 unspecified atom stereocenters. The van der Waals surface area contributed by atoms with Crippen molar-refractivity contribution in [3.8, 4) is 0 Å². The van der Waals surface area contributed by atoms with E-state index in [9.17, 15) is 22.8 Å². The van der Waals surface area contributed by atoms with Gasteiger partial charge in [0.05, 0.1) is 5.56 Å². The monoisotopic (exact) mass is 449 g/mol. The smallest absolute Gasteiger partial charge is 0.416 e. The van der Waals surface area contributed by atoms with E-state index < -0.39 is 29.7 Å². The molecule has 2 rings (SSSR count). The largest absolute Gasteiger partial charge is 0.447 e. The number of alkyl halides is 3. The summed E-state index contributed by atoms with van der Waals surface area (Å²) in [5, 5.41) is 2.57. The average molecular weight is 450 g/mol. The molecular weight excluding hydrogens is 419 g/mol. The first-order valence-electron chi connectivity index (χ1n) is 10.9. The molecule has 0 heterocycles. The Hall–Kier alpha value is -2.83. The van der Waals surface area contributed by atoms with Crippen molar-refractivity contribution in [1.82, 2.24) is 0 Å². The number of hydrogen-bond acceptors (Lipinski definition) is 3. The normalized spacial score (nSPS) is 12.3. The first kappa shape index (κ1) is 25.4. The number of amides is 1. The zero-order chi connectivity index (χ0) is 23.7. The maximum absolute atomic E-state index is 13.0. The number of hydrogen-bond donors (Lipinski definition) is 1. The molecule has 7 heteroatoms. The lowest BCUT2D eigenvalue weighted by molar-refractivity contribution is -0.152. The second-order valence-electron chi connectivity index (χ2n) is 7.84. The maximum Gasteiger partial charge on any atom is 0.416 e. The van der Waals surface area contributed by atoms with Gasteiger partial charge < -0.3 is 10.1 Å². The molecule has 0 bridgehead atoms. The molecule has 0 saturated carbocycles. The summed E-state index contributed by atoms with van der Waals surface area (Å²) in [6, 6.07) is 9.99. The first-order chi connectivity index (χ1) is 15.1. The Morgan fingerprint density at radius 2 is 1.47 bits per heavy atom. The Morgan fingerprint density at radius 1 is 0.938 bits per heavy atom. The highest BCUT2D eigenvalue weighted by atomic mass is 19.4. The fourth-order valence-corrected chi connectivity index (χ4v) is 3.38. The number of ether oxygens (including phenoxy) is 1. The lowest BCUT2D eigenvalue weighted by atomic mass is 9.96. The minimum absolute atomic E-state index is 0.188. The Bertz CT molecular complexity index is 881. The predicted octanol–water partition coefficient (Wildman–Crippen LogP) is 6.63. The molecular formula is C25H30F3NO3. The molecule has 32 heavy (non-hydrogen) atoms. The highest BCUT2D eigenvalue weighted by Gasteiger charge is 2.30. The Morgan fingerprint density at radius 3 is 1.91 bits per heavy atom. The minimum Gasteiger partial charge on any atom is -0.447 e. The van der Waals surface area contributed by atoms with Gasteiger partial charge in [0, 0.05) is 18.2 Å². The molecule has 0 fully saturated rings. The van der Waals surface area contributed by atoms with Crippen LogP contribution in [-0.4, -0.2) is 11.9 Å². The van der Waals surface area contributed by atoms with Gasteiger partial charge in [-0.2, -0.15) is 13.2 Å². The van der Waals surface area contributed by atoms with Gasteiger partial charge in [-0.15, -0.1) is 0 Å². The van der Waals surface area contributed by atoms with E-state index in [-0.39, 0.29) is 5.69 Å². The van der Waals surface area contributed by atoms with E-state index in [1.54, 1.807) is 0 Å². The quantitative estimate of drug-likeness (QED) is 0.414. The third-order valence-electron chi connectivity index (χ3n) is 5.02. The van der Waals surface area contributed by atoms with Gasteiger partial charge in [-0.05, 0) is 61.1 Å². The van der Waals surface area contributed by atoms with Crippen LogP contribution < -0.4 is 5.32 Å². The summed E-state index contributed by atoms with van der Waals surface area (Å²) in [6.45, 7) is 5.42. The van der Waals surface area contributed by atoms with E-state index in [1.165, 1.54) is 19.1 Å². The molecule has 0 aliphatic heterocycles. The zero-order valence-electron chi connectivity index (χ0n) is 18.7. The first-order valence-corrected chi connectivity index (χ1v) is 10.9. The fourth-order valence-electron chi connectivity index (χ4n) is 3.38. The third kappa shape index (κ3) is 7.70. The SMILES string of the molecule is CCCCc1cc(CCCC)cc(C(OC(C)=O)C(=O)Nc2ccc(C(F)(F)F)cc2)c1. The lowest BCUT2D eigenvalue weighted by Gasteiger charge is -2.19. The van der Waals surface area contributed by atoms with Gasteiger partial charge in [-0.25, -0.2) is 0 Å². The van der Waals surface area contributed by atoms with E-state index in [2.05, 4.69) is 25.2 Å². The molecule has 0 aliphatic carbocycles. The van der Waals surface area contributed by atoms with Gasteiger partial charge in [0.1, 0.15) is 0 Å². The molecule has 0 radical (unpaired) electrons. The van der Waals surface area contributed by atoms with E-state index in [4.69, 9.17) is 4.74 Å². The molecule has 1 atom stereocenters. The number of rotatable bonds is 10. The van der Waals surface area contributed by atoms with Crippen molar-refractivity contribution in [2.24, 2.45) is 0 Å². The average Bonchev–Trinajstić information content (AvgIpc) is 2.74. The summed E-state index contributed by atoms with van der Waals surface area (Å²) < 4.78 is 43.7. The Kier molecular flexibility index (Phi) is 9.29. The summed E-state index contributed by atoms with van der Waals surface area (Å²) in [6.07, 6.45) is 0.0626. The van der Waals surface area contributed by atoms with Crippen molar-refractivity contribution >= 4 is 17.6 Å². The number of carbonyl (C=O) groups is 2. The van der Waals surface area contributed by atoms with Gasteiger partial charge in [0.25, 0.3) is 5.91 Å². The highest BCUT2D eigenvalue weighted by molar-refractivity contribution is 5.96. The summed E-state index contributed by atoms with van der Waals surface area (Å²) in [7, 11) is 0. The van der Waals surface area contributed by atoms with Gasteiger partial charge in [0.2, 0.25) is 6.10 Å². The van der Waals surface area contributed by atoms with Crippen LogP contribution in [0.15, 0.2) is 42.5 Å². The van der Waals surface area contributed by atoms with Crippen molar-refractivity contribution in [2.75, 3.05) is 5.32 Å². The van der Waals surface area contributed by atoms with Crippen LogP contribution >= 0.6 is 0 Å². The van der Waals surface area contributed by atoms with Crippen molar-refractivity contribution in [2.45, 2.75) is 71.6 Å². The van der Waals surface area contributed by atoms with Gasteiger partial charge in [0.15, 0.2) is 0 Å². The second-order valence-corrected chi connectivity index (χ2v) is 7.84. The number of anilines is 1. The van der Waals surface area contributed by atoms with Crippen LogP contribution in [0.25, 0.3) is 0 Å². The number of aryl methyl sites for hydroxylation is 2. The molecule has 0 spiro atoms. The maximum atomic E-state index is 13.0. The second kappa shape index (κ2) is 11.7. The summed E-state index contributed by atoms with van der Waals surface area (Å²) in [5.41, 5.74) is 2.07. The summed E-state index contributed by atoms with van der Waals surface area (Å²) >= 11 is 0. The minimum atomic E-state index is -4.46. The van der Waals surface area contributed by atoms with Gasteiger partial charge >= 0.3 is 12.1 Å². The number of halogens is 3. The molecule has 0 saturated heterocycles. The van der Waals surface area contributed by atoms with Crippen LogP contribution in [-0.2, 0) is 33.3 Å². The molecule has 174 valence electrons. The molecule has 4 nitrogen and oxygen atoms in total. The van der Waals surface area contributed by atoms with E-state index >= 15 is 0 Å². The van der Waals surface area contributed by atoms with Crippen LogP contribution in [0.3, 0.4) is 0 Å². The molecule has 1 amide bonds. The zero-order valence-corrected chi connectivity index (χ0v) is 18.7. The van der Waals surface area contributed by atoms with E-state index in [0.29, 0.717) is 5.56 Å². The van der Waals surface area contributed by atoms with Crippen molar-refractivity contribution in [3.05, 3.63) is 64.7 Å². The molecule has 0 aromatic heterocycles. The standard InChI is InChI=1S/C25H30F3NO3/c1-4-6-8-18-14-19(9-7-5-2)16-20(15-18)23(32-17(3)30)24(31)29-22-12-10-21(11-13-22)25(26,27)28/h10-16,23H,4-9H2,1-3H3,(H,29,31). The summed E-state index contributed by atoms with van der Waals surface area (Å²) in [5.74, 6) is -1.24. The van der Waals surface area contributed by atoms with Gasteiger partial charge in [-0.3, -0.25) is 9.59 Å². The number of carbonyl (C=O) groups excluding carboxylic acids is 2. The third-order valence-corrected chi connectivity index (χ3v) is 5.02. The van der Waals surface area contributed by atoms with Crippen molar-refractivity contribution < 1.29 is 27.5 Å². The topological polar surface area (TPSA) is 55.4 Å². The van der Waals surface area contributed by atoms with Crippen LogP contribution in [0.4, 0.5) is 18.9 Å². The number of unbranched alkanes of at least 4 members (excludes halogenated alkanes) is 2. The summed E-state index contributed by atoms with van der Waals surface area (Å²) in [4.78, 5) is 24.7. The van der Waals surface area contributed by atoms with Crippen LogP contribution in [0, 0.1) is 0 Å². The van der Waals surface area contributed by atoms with Crippen LogP contribution in [0.1, 0.15) is 74.8 Å². The Labute approximate surface area is 187 Å². The van der Waals surface area contributed by atoms with Crippen LogP contribution in [0.5, 0.6) is 0 Å². The highest BCUT2D eigenvalue weighted by Crippen LogP contribution is 2.30.